The van der Waals surface area contributed by atoms with Gasteiger partial charge in [0.2, 0.25) is 0 Å². The first-order valence-electron chi connectivity index (χ1n) is 9.40. The van der Waals surface area contributed by atoms with Crippen molar-refractivity contribution in [2.24, 2.45) is 0 Å². The van der Waals surface area contributed by atoms with E-state index in [2.05, 4.69) is 17.6 Å². The van der Waals surface area contributed by atoms with Crippen molar-refractivity contribution in [3.63, 3.8) is 0 Å². The van der Waals surface area contributed by atoms with Crippen LogP contribution in [0.25, 0.3) is 0 Å². The summed E-state index contributed by atoms with van der Waals surface area (Å²) in [5.41, 5.74) is 0. The number of halogens is 2. The molecule has 0 saturated carbocycles. The predicted octanol–water partition coefficient (Wildman–Crippen LogP) is 5.19. The third kappa shape index (κ3) is 15.8. The Labute approximate surface area is 156 Å². The number of alkyl halides is 2. The number of allylic oxidation sites excluding steroid dienone is 3. The molecule has 0 aliphatic heterocycles. The Bertz CT molecular complexity index is 487. The largest absolute Gasteiger partial charge is 0.469 e. The van der Waals surface area contributed by atoms with Crippen LogP contribution in [-0.2, 0) is 9.53 Å². The van der Waals surface area contributed by atoms with Crippen molar-refractivity contribution in [2.45, 2.75) is 83.2 Å². The van der Waals surface area contributed by atoms with Gasteiger partial charge in [0.25, 0.3) is 0 Å². The van der Waals surface area contributed by atoms with E-state index in [0.29, 0.717) is 6.42 Å². The molecule has 1 atom stereocenters. The van der Waals surface area contributed by atoms with Gasteiger partial charge >= 0.3 is 11.9 Å². The van der Waals surface area contributed by atoms with E-state index in [1.807, 2.05) is 5.92 Å². The van der Waals surface area contributed by atoms with Crippen LogP contribution in [0, 0.1) is 11.8 Å². The van der Waals surface area contributed by atoms with E-state index in [-0.39, 0.29) is 12.8 Å². The molecule has 0 amide bonds. The van der Waals surface area contributed by atoms with Crippen LogP contribution in [0.4, 0.5) is 8.78 Å². The molecule has 3 nitrogen and oxygen atoms in total. The van der Waals surface area contributed by atoms with Gasteiger partial charge in [-0.25, -0.2) is 0 Å². The van der Waals surface area contributed by atoms with E-state index in [0.717, 1.165) is 12.8 Å². The number of hydrogen-bond donors (Lipinski definition) is 1. The molecule has 0 aromatic heterocycles. The van der Waals surface area contributed by atoms with Gasteiger partial charge in [-0.05, 0) is 24.8 Å². The minimum absolute atomic E-state index is 0.0304. The molecule has 0 radical (unpaired) electrons. The van der Waals surface area contributed by atoms with Gasteiger partial charge < -0.3 is 9.84 Å². The minimum Gasteiger partial charge on any atom is -0.469 e. The highest BCUT2D eigenvalue weighted by atomic mass is 19.3. The second kappa shape index (κ2) is 15.6. The average molecular weight is 370 g/mol. The van der Waals surface area contributed by atoms with Crippen molar-refractivity contribution in [1.82, 2.24) is 0 Å². The highest BCUT2D eigenvalue weighted by Crippen LogP contribution is 2.20. The first kappa shape index (κ1) is 24.3. The maximum absolute atomic E-state index is 13.4. The topological polar surface area (TPSA) is 46.5 Å². The maximum atomic E-state index is 13.4. The Kier molecular flexibility index (Phi) is 14.6. The molecular formula is C21H32F2O3. The molecule has 0 rings (SSSR count). The fraction of sp³-hybridized carbons (Fsp3) is 0.667. The van der Waals surface area contributed by atoms with E-state index >= 15 is 0 Å². The molecule has 0 aliphatic rings. The third-order valence-corrected chi connectivity index (χ3v) is 3.83. The molecule has 0 saturated heterocycles. The lowest BCUT2D eigenvalue weighted by Crippen LogP contribution is -2.13. The van der Waals surface area contributed by atoms with Gasteiger partial charge in [-0.15, -0.1) is 0 Å². The predicted molar refractivity (Wildman–Crippen MR) is 101 cm³/mol. The molecule has 26 heavy (non-hydrogen) atoms. The normalized spacial score (nSPS) is 13.0. The summed E-state index contributed by atoms with van der Waals surface area (Å²) in [7, 11) is 1.23. The smallest absolute Gasteiger partial charge is 0.308 e. The van der Waals surface area contributed by atoms with Gasteiger partial charge in [0.15, 0.2) is 0 Å². The van der Waals surface area contributed by atoms with Gasteiger partial charge in [0, 0.05) is 12.8 Å². The lowest BCUT2D eigenvalue weighted by Gasteiger charge is -2.07. The van der Waals surface area contributed by atoms with E-state index in [1.165, 1.54) is 44.9 Å². The van der Waals surface area contributed by atoms with Gasteiger partial charge in [0.1, 0.15) is 0 Å². The molecule has 0 heterocycles. The lowest BCUT2D eigenvalue weighted by atomic mass is 10.1. The minimum atomic E-state index is -3.13. The van der Waals surface area contributed by atoms with Crippen molar-refractivity contribution in [1.29, 1.82) is 0 Å². The quantitative estimate of drug-likeness (QED) is 0.210. The van der Waals surface area contributed by atoms with E-state index < -0.39 is 24.4 Å². The zero-order valence-electron chi connectivity index (χ0n) is 16.0. The fourth-order valence-electron chi connectivity index (χ4n) is 2.29. The molecular weight excluding hydrogens is 338 g/mol. The van der Waals surface area contributed by atoms with Crippen molar-refractivity contribution in [2.75, 3.05) is 7.11 Å². The second-order valence-corrected chi connectivity index (χ2v) is 6.27. The maximum Gasteiger partial charge on any atom is 0.308 e. The molecule has 0 aromatic carbocycles. The van der Waals surface area contributed by atoms with Gasteiger partial charge in [-0.1, -0.05) is 69.6 Å². The Hall–Kier alpha value is -1.67. The van der Waals surface area contributed by atoms with E-state index in [9.17, 15) is 18.7 Å². The summed E-state index contributed by atoms with van der Waals surface area (Å²) in [5.74, 6) is 0.545. The van der Waals surface area contributed by atoms with Crippen molar-refractivity contribution < 1.29 is 23.4 Å². The van der Waals surface area contributed by atoms with Crippen LogP contribution in [0.1, 0.15) is 71.1 Å². The van der Waals surface area contributed by atoms with E-state index in [1.54, 1.807) is 12.2 Å². The van der Waals surface area contributed by atoms with Crippen LogP contribution in [0.3, 0.4) is 0 Å². The van der Waals surface area contributed by atoms with Crippen LogP contribution < -0.4 is 0 Å². The molecule has 0 spiro atoms. The Balaban J connectivity index is 3.97. The molecule has 148 valence electrons. The summed E-state index contributed by atoms with van der Waals surface area (Å²) in [5, 5.41) is 9.79. The Morgan fingerprint density at radius 1 is 1.15 bits per heavy atom. The molecule has 0 aromatic rings. The number of carbonyl (C=O) groups excluding carboxylic acids is 1. The number of aliphatic hydroxyl groups excluding tert-OH is 1. The van der Waals surface area contributed by atoms with Crippen LogP contribution in [-0.4, -0.2) is 30.2 Å². The number of ether oxygens (including phenoxy) is 1. The number of rotatable bonds is 13. The molecule has 0 aliphatic carbocycles. The zero-order chi connectivity index (χ0) is 19.7. The number of aliphatic hydroxyl groups is 1. The fourth-order valence-corrected chi connectivity index (χ4v) is 2.29. The average Bonchev–Trinajstić information content (AvgIpc) is 2.60. The Morgan fingerprint density at radius 2 is 1.85 bits per heavy atom. The summed E-state index contributed by atoms with van der Waals surface area (Å²) in [6.07, 6.45) is 12.9. The number of hydrogen-bond acceptors (Lipinski definition) is 3. The molecule has 0 unspecified atom stereocenters. The zero-order valence-corrected chi connectivity index (χ0v) is 16.0. The van der Waals surface area contributed by atoms with Gasteiger partial charge in [-0.2, -0.15) is 8.78 Å². The number of unbranched alkanes of at least 4 members (excludes halogenated alkanes) is 5. The number of methoxy groups -OCH3 is 1. The number of esters is 1. The highest BCUT2D eigenvalue weighted by molar-refractivity contribution is 5.69. The highest BCUT2D eigenvalue weighted by Gasteiger charge is 2.25. The second-order valence-electron chi connectivity index (χ2n) is 6.27. The summed E-state index contributed by atoms with van der Waals surface area (Å²) in [6, 6.07) is 0. The summed E-state index contributed by atoms with van der Waals surface area (Å²) in [4.78, 5) is 10.9. The molecule has 1 N–H and O–H groups in total. The summed E-state index contributed by atoms with van der Waals surface area (Å²) in [6.45, 7) is 2.18. The van der Waals surface area contributed by atoms with Crippen LogP contribution in [0.15, 0.2) is 24.3 Å². The number of carbonyl (C=O) groups is 1. The monoisotopic (exact) mass is 370 g/mol. The molecule has 0 bridgehead atoms. The van der Waals surface area contributed by atoms with Crippen LogP contribution in [0.5, 0.6) is 0 Å². The standard InChI is InChI=1S/C21H32F2O3/c1-3-4-5-6-7-10-14-19(24)15-11-8-9-12-17-21(22,23)18-13-16-20(25)26-2/h8-9,11,15,19,24H,3-7,10,13-14,16,18H2,1-2H3/b9-8+,15-11+/t19-/m0/s1. The molecule has 0 fully saturated rings. The lowest BCUT2D eigenvalue weighted by molar-refractivity contribution is -0.140. The first-order chi connectivity index (χ1) is 12.4. The van der Waals surface area contributed by atoms with Crippen LogP contribution >= 0.6 is 0 Å². The molecule has 5 heteroatoms. The van der Waals surface area contributed by atoms with Crippen LogP contribution in [0.2, 0.25) is 0 Å². The SMILES string of the molecule is CCCCCCCC[C@H](O)/C=C/C=C/C#CC(F)(F)CCCC(=O)OC. The Morgan fingerprint density at radius 3 is 2.54 bits per heavy atom. The first-order valence-corrected chi connectivity index (χ1v) is 9.40. The van der Waals surface area contributed by atoms with Crippen molar-refractivity contribution in [3.8, 4) is 11.8 Å². The van der Waals surface area contributed by atoms with Crippen molar-refractivity contribution in [3.05, 3.63) is 24.3 Å². The summed E-state index contributed by atoms with van der Waals surface area (Å²) < 4.78 is 31.3. The van der Waals surface area contributed by atoms with Gasteiger partial charge in [-0.3, -0.25) is 4.79 Å². The van der Waals surface area contributed by atoms with Crippen molar-refractivity contribution >= 4 is 5.97 Å². The summed E-state index contributed by atoms with van der Waals surface area (Å²) >= 11 is 0. The van der Waals surface area contributed by atoms with E-state index in [4.69, 9.17) is 0 Å². The van der Waals surface area contributed by atoms with Gasteiger partial charge in [0.05, 0.1) is 13.2 Å². The third-order valence-electron chi connectivity index (χ3n) is 3.83.